The standard InChI is InChI=1S/C14H25NO4/c1-8(2)11(16)9(3)12(17)15-10(14(4,5)6)7-19-13(15)18/h8-11,16H,7H2,1-6H3/t9-,10-,11-/m1/s1. The van der Waals surface area contributed by atoms with Crippen molar-refractivity contribution in [2.75, 3.05) is 6.61 Å². The van der Waals surface area contributed by atoms with Crippen molar-refractivity contribution in [1.82, 2.24) is 4.90 Å². The molecule has 1 saturated heterocycles. The number of nitrogens with zero attached hydrogens (tertiary/aromatic N) is 1. The first-order chi connectivity index (χ1) is 8.57. The molecule has 5 heteroatoms. The lowest BCUT2D eigenvalue weighted by molar-refractivity contribution is -0.138. The van der Waals surface area contributed by atoms with Gasteiger partial charge in [0.2, 0.25) is 5.91 Å². The van der Waals surface area contributed by atoms with Crippen LogP contribution in [0.5, 0.6) is 0 Å². The van der Waals surface area contributed by atoms with E-state index in [4.69, 9.17) is 4.74 Å². The highest BCUT2D eigenvalue weighted by Crippen LogP contribution is 2.31. The monoisotopic (exact) mass is 271 g/mol. The summed E-state index contributed by atoms with van der Waals surface area (Å²) in [5.41, 5.74) is -0.246. The number of aliphatic hydroxyl groups excluding tert-OH is 1. The molecule has 1 fully saturated rings. The topological polar surface area (TPSA) is 66.8 Å². The molecule has 0 unspecified atom stereocenters. The summed E-state index contributed by atoms with van der Waals surface area (Å²) in [6.45, 7) is 11.4. The van der Waals surface area contributed by atoms with Crippen LogP contribution in [-0.4, -0.2) is 40.8 Å². The molecule has 0 aliphatic carbocycles. The quantitative estimate of drug-likeness (QED) is 0.853. The summed E-state index contributed by atoms with van der Waals surface area (Å²) in [6.07, 6.45) is -1.37. The summed E-state index contributed by atoms with van der Waals surface area (Å²) < 4.78 is 5.00. The average Bonchev–Trinajstić information content (AvgIpc) is 2.67. The zero-order valence-corrected chi connectivity index (χ0v) is 12.6. The van der Waals surface area contributed by atoms with Crippen molar-refractivity contribution in [3.63, 3.8) is 0 Å². The van der Waals surface area contributed by atoms with Crippen LogP contribution in [0, 0.1) is 17.3 Å². The van der Waals surface area contributed by atoms with Crippen molar-refractivity contribution < 1.29 is 19.4 Å². The summed E-state index contributed by atoms with van der Waals surface area (Å²) in [5.74, 6) is -1.01. The maximum atomic E-state index is 12.4. The molecule has 1 N–H and O–H groups in total. The predicted molar refractivity (Wildman–Crippen MR) is 71.4 cm³/mol. The highest BCUT2D eigenvalue weighted by atomic mass is 16.6. The van der Waals surface area contributed by atoms with Crippen molar-refractivity contribution in [3.05, 3.63) is 0 Å². The molecule has 5 nitrogen and oxygen atoms in total. The van der Waals surface area contributed by atoms with Crippen molar-refractivity contribution in [2.24, 2.45) is 17.3 Å². The van der Waals surface area contributed by atoms with E-state index in [2.05, 4.69) is 0 Å². The molecular weight excluding hydrogens is 246 g/mol. The number of rotatable bonds is 3. The predicted octanol–water partition coefficient (Wildman–Crippen LogP) is 2.03. The molecule has 0 bridgehead atoms. The normalized spacial score (nSPS) is 23.5. The Morgan fingerprint density at radius 1 is 1.37 bits per heavy atom. The van der Waals surface area contributed by atoms with E-state index in [-0.39, 0.29) is 29.9 Å². The first-order valence-corrected chi connectivity index (χ1v) is 6.75. The smallest absolute Gasteiger partial charge is 0.417 e. The third kappa shape index (κ3) is 3.26. The number of amides is 2. The van der Waals surface area contributed by atoms with Gasteiger partial charge in [-0.05, 0) is 11.3 Å². The Morgan fingerprint density at radius 2 is 1.89 bits per heavy atom. The van der Waals surface area contributed by atoms with Gasteiger partial charge in [-0.2, -0.15) is 0 Å². The Labute approximate surface area is 114 Å². The highest BCUT2D eigenvalue weighted by Gasteiger charge is 2.46. The molecular formula is C14H25NO4. The molecule has 0 aromatic rings. The van der Waals surface area contributed by atoms with E-state index in [0.717, 1.165) is 0 Å². The molecule has 0 aromatic carbocycles. The molecule has 1 aliphatic rings. The van der Waals surface area contributed by atoms with E-state index in [0.29, 0.717) is 0 Å². The molecule has 0 aromatic heterocycles. The fourth-order valence-electron chi connectivity index (χ4n) is 2.25. The number of hydrogen-bond donors (Lipinski definition) is 1. The number of carbonyl (C=O) groups is 2. The molecule has 0 radical (unpaired) electrons. The number of aliphatic hydroxyl groups is 1. The second-order valence-corrected chi connectivity index (χ2v) is 6.69. The van der Waals surface area contributed by atoms with Gasteiger partial charge in [0, 0.05) is 0 Å². The molecule has 1 rings (SSSR count). The number of ether oxygens (including phenoxy) is 1. The van der Waals surface area contributed by atoms with Crippen LogP contribution in [-0.2, 0) is 9.53 Å². The van der Waals surface area contributed by atoms with Gasteiger partial charge in [-0.25, -0.2) is 9.69 Å². The molecule has 110 valence electrons. The zero-order valence-electron chi connectivity index (χ0n) is 12.6. The fourth-order valence-corrected chi connectivity index (χ4v) is 2.25. The lowest BCUT2D eigenvalue weighted by atomic mass is 9.85. The minimum absolute atomic E-state index is 0.0364. The minimum atomic E-state index is -0.762. The highest BCUT2D eigenvalue weighted by molar-refractivity contribution is 5.95. The Balaban J connectivity index is 2.93. The molecule has 3 atom stereocenters. The first kappa shape index (κ1) is 16.0. The van der Waals surface area contributed by atoms with Crippen LogP contribution in [0.1, 0.15) is 41.5 Å². The minimum Gasteiger partial charge on any atom is -0.447 e. The maximum Gasteiger partial charge on any atom is 0.417 e. The number of hydrogen-bond acceptors (Lipinski definition) is 4. The molecule has 19 heavy (non-hydrogen) atoms. The van der Waals surface area contributed by atoms with Crippen molar-refractivity contribution in [2.45, 2.75) is 53.7 Å². The van der Waals surface area contributed by atoms with Gasteiger partial charge in [0.05, 0.1) is 18.1 Å². The van der Waals surface area contributed by atoms with E-state index in [1.165, 1.54) is 4.90 Å². The number of imide groups is 1. The van der Waals surface area contributed by atoms with Crippen LogP contribution < -0.4 is 0 Å². The van der Waals surface area contributed by atoms with Crippen molar-refractivity contribution >= 4 is 12.0 Å². The second-order valence-electron chi connectivity index (χ2n) is 6.69. The van der Waals surface area contributed by atoms with E-state index in [1.807, 2.05) is 34.6 Å². The van der Waals surface area contributed by atoms with E-state index in [1.54, 1.807) is 6.92 Å². The van der Waals surface area contributed by atoms with Gasteiger partial charge in [0.25, 0.3) is 0 Å². The van der Waals surface area contributed by atoms with Gasteiger partial charge >= 0.3 is 6.09 Å². The molecule has 0 saturated carbocycles. The van der Waals surface area contributed by atoms with Gasteiger partial charge < -0.3 is 9.84 Å². The largest absolute Gasteiger partial charge is 0.447 e. The lowest BCUT2D eigenvalue weighted by Crippen LogP contribution is -2.50. The number of cyclic esters (lactones) is 1. The third-order valence-corrected chi connectivity index (χ3v) is 3.70. The van der Waals surface area contributed by atoms with Crippen molar-refractivity contribution in [3.8, 4) is 0 Å². The first-order valence-electron chi connectivity index (χ1n) is 6.75. The van der Waals surface area contributed by atoms with Crippen LogP contribution in [0.3, 0.4) is 0 Å². The van der Waals surface area contributed by atoms with Crippen LogP contribution in [0.4, 0.5) is 4.79 Å². The van der Waals surface area contributed by atoms with Crippen LogP contribution >= 0.6 is 0 Å². The van der Waals surface area contributed by atoms with Crippen molar-refractivity contribution in [1.29, 1.82) is 0 Å². The Kier molecular flexibility index (Phi) is 4.61. The average molecular weight is 271 g/mol. The van der Waals surface area contributed by atoms with Gasteiger partial charge in [-0.1, -0.05) is 41.5 Å². The van der Waals surface area contributed by atoms with Gasteiger partial charge in [-0.15, -0.1) is 0 Å². The molecule has 2 amide bonds. The summed E-state index contributed by atoms with van der Waals surface area (Å²) in [6, 6.07) is -0.283. The third-order valence-electron chi connectivity index (χ3n) is 3.70. The van der Waals surface area contributed by atoms with Gasteiger partial charge in [-0.3, -0.25) is 4.79 Å². The second kappa shape index (κ2) is 5.49. The Hall–Kier alpha value is -1.10. The number of carbonyl (C=O) groups excluding carboxylic acids is 2. The lowest BCUT2D eigenvalue weighted by Gasteiger charge is -2.33. The van der Waals surface area contributed by atoms with Crippen LogP contribution in [0.25, 0.3) is 0 Å². The maximum absolute atomic E-state index is 12.4. The summed E-state index contributed by atoms with van der Waals surface area (Å²) in [5, 5.41) is 10.0. The molecule has 1 heterocycles. The summed E-state index contributed by atoms with van der Waals surface area (Å²) >= 11 is 0. The Bertz CT molecular complexity index is 359. The Morgan fingerprint density at radius 3 is 2.32 bits per heavy atom. The summed E-state index contributed by atoms with van der Waals surface area (Å²) in [7, 11) is 0. The van der Waals surface area contributed by atoms with Gasteiger partial charge in [0.15, 0.2) is 0 Å². The fraction of sp³-hybridized carbons (Fsp3) is 0.857. The van der Waals surface area contributed by atoms with Crippen LogP contribution in [0.2, 0.25) is 0 Å². The molecule has 0 spiro atoms. The molecule has 1 aliphatic heterocycles. The van der Waals surface area contributed by atoms with E-state index < -0.39 is 18.1 Å². The summed E-state index contributed by atoms with van der Waals surface area (Å²) in [4.78, 5) is 25.4. The SMILES string of the molecule is CC(C)[C@@H](O)[C@@H](C)C(=O)N1C(=O)OC[C@@H]1C(C)(C)C. The zero-order chi connectivity index (χ0) is 15.0. The van der Waals surface area contributed by atoms with Gasteiger partial charge in [0.1, 0.15) is 6.61 Å². The van der Waals surface area contributed by atoms with E-state index >= 15 is 0 Å². The van der Waals surface area contributed by atoms with E-state index in [9.17, 15) is 14.7 Å². The van der Waals surface area contributed by atoms with Crippen LogP contribution in [0.15, 0.2) is 0 Å².